The minimum Gasteiger partial charge on any atom is -0.508 e. The van der Waals surface area contributed by atoms with Gasteiger partial charge in [0.2, 0.25) is 0 Å². The van der Waals surface area contributed by atoms with Gasteiger partial charge in [0.15, 0.2) is 0 Å². The Balaban J connectivity index is 2.06. The van der Waals surface area contributed by atoms with Crippen molar-refractivity contribution in [2.45, 2.75) is 13.1 Å². The number of hydrogen-bond donors (Lipinski definition) is 1. The third kappa shape index (κ3) is 4.07. The predicted molar refractivity (Wildman–Crippen MR) is 86.4 cm³/mol. The van der Waals surface area contributed by atoms with Crippen LogP contribution in [0.5, 0.6) is 5.75 Å². The molecule has 0 saturated heterocycles. The highest BCUT2D eigenvalue weighted by Crippen LogP contribution is 2.15. The molecule has 0 aliphatic carbocycles. The van der Waals surface area contributed by atoms with E-state index in [1.807, 2.05) is 30.3 Å². The van der Waals surface area contributed by atoms with Gasteiger partial charge in [0.1, 0.15) is 5.75 Å². The van der Waals surface area contributed by atoms with Crippen molar-refractivity contribution in [3.05, 3.63) is 65.7 Å². The predicted octanol–water partition coefficient (Wildman–Crippen LogP) is 2.20. The highest BCUT2D eigenvalue weighted by molar-refractivity contribution is 7.86. The topological polar surface area (TPSA) is 60.9 Å². The molecule has 22 heavy (non-hydrogen) atoms. The van der Waals surface area contributed by atoms with E-state index < -0.39 is 10.2 Å². The summed E-state index contributed by atoms with van der Waals surface area (Å²) in [5.74, 6) is 0.162. The quantitative estimate of drug-likeness (QED) is 0.887. The molecule has 0 fully saturated rings. The number of benzene rings is 2. The fourth-order valence-electron chi connectivity index (χ4n) is 2.10. The van der Waals surface area contributed by atoms with E-state index in [9.17, 15) is 13.5 Å². The van der Waals surface area contributed by atoms with Crippen LogP contribution in [0.2, 0.25) is 0 Å². The molecule has 5 nitrogen and oxygen atoms in total. The van der Waals surface area contributed by atoms with Crippen LogP contribution in [0.25, 0.3) is 0 Å². The Kier molecular flexibility index (Phi) is 5.18. The molecule has 0 aliphatic rings. The van der Waals surface area contributed by atoms with Crippen molar-refractivity contribution in [2.24, 2.45) is 0 Å². The van der Waals surface area contributed by atoms with E-state index in [0.717, 1.165) is 11.1 Å². The van der Waals surface area contributed by atoms with E-state index in [2.05, 4.69) is 0 Å². The van der Waals surface area contributed by atoms with Gasteiger partial charge in [-0.2, -0.15) is 17.0 Å². The van der Waals surface area contributed by atoms with Crippen LogP contribution in [0.3, 0.4) is 0 Å². The van der Waals surface area contributed by atoms with Gasteiger partial charge < -0.3 is 5.11 Å². The molecule has 118 valence electrons. The molecule has 2 aromatic rings. The zero-order chi connectivity index (χ0) is 16.2. The largest absolute Gasteiger partial charge is 0.508 e. The lowest BCUT2D eigenvalue weighted by atomic mass is 10.2. The smallest absolute Gasteiger partial charge is 0.282 e. The molecule has 0 unspecified atom stereocenters. The van der Waals surface area contributed by atoms with Crippen LogP contribution in [0.4, 0.5) is 0 Å². The molecule has 0 atom stereocenters. The number of rotatable bonds is 6. The van der Waals surface area contributed by atoms with Gasteiger partial charge >= 0.3 is 0 Å². The maximum atomic E-state index is 12.5. The second-order valence-electron chi connectivity index (χ2n) is 5.17. The summed E-state index contributed by atoms with van der Waals surface area (Å²) in [7, 11) is -0.431. The molecule has 0 radical (unpaired) electrons. The highest BCUT2D eigenvalue weighted by Gasteiger charge is 2.23. The van der Waals surface area contributed by atoms with Crippen molar-refractivity contribution >= 4 is 10.2 Å². The van der Waals surface area contributed by atoms with Crippen LogP contribution in [-0.2, 0) is 23.3 Å². The summed E-state index contributed by atoms with van der Waals surface area (Å²) < 4.78 is 27.6. The van der Waals surface area contributed by atoms with Gasteiger partial charge in [0.05, 0.1) is 0 Å². The van der Waals surface area contributed by atoms with E-state index in [0.29, 0.717) is 6.54 Å². The lowest BCUT2D eigenvalue weighted by Gasteiger charge is -2.24. The van der Waals surface area contributed by atoms with Crippen molar-refractivity contribution in [3.8, 4) is 5.75 Å². The fraction of sp³-hybridized carbons (Fsp3) is 0.250. The third-order valence-corrected chi connectivity index (χ3v) is 5.21. The molecule has 0 saturated carbocycles. The Morgan fingerprint density at radius 1 is 0.818 bits per heavy atom. The molecule has 2 rings (SSSR count). The highest BCUT2D eigenvalue weighted by atomic mass is 32.2. The van der Waals surface area contributed by atoms with Gasteiger partial charge in [0.25, 0.3) is 10.2 Å². The molecule has 0 aliphatic heterocycles. The summed E-state index contributed by atoms with van der Waals surface area (Å²) in [6.07, 6.45) is 0. The van der Waals surface area contributed by atoms with Crippen LogP contribution >= 0.6 is 0 Å². The molecule has 0 spiro atoms. The van der Waals surface area contributed by atoms with Gasteiger partial charge in [-0.15, -0.1) is 0 Å². The first-order valence-electron chi connectivity index (χ1n) is 6.89. The zero-order valence-electron chi connectivity index (χ0n) is 12.7. The molecule has 0 bridgehead atoms. The molecule has 6 heteroatoms. The van der Waals surface area contributed by atoms with E-state index in [-0.39, 0.29) is 12.3 Å². The maximum absolute atomic E-state index is 12.5. The number of aromatic hydroxyl groups is 1. The minimum atomic E-state index is -3.54. The normalized spacial score (nSPS) is 12.0. The molecule has 0 aromatic heterocycles. The summed E-state index contributed by atoms with van der Waals surface area (Å²) in [6.45, 7) is 0.574. The summed E-state index contributed by atoms with van der Waals surface area (Å²) in [4.78, 5) is 0. The second kappa shape index (κ2) is 6.91. The van der Waals surface area contributed by atoms with Crippen molar-refractivity contribution < 1.29 is 13.5 Å². The van der Waals surface area contributed by atoms with Crippen molar-refractivity contribution in [2.75, 3.05) is 14.1 Å². The number of phenols is 1. The Labute approximate surface area is 131 Å². The lowest BCUT2D eigenvalue weighted by Crippen LogP contribution is -2.38. The maximum Gasteiger partial charge on any atom is 0.282 e. The molecule has 0 heterocycles. The third-order valence-electron chi connectivity index (χ3n) is 3.38. The standard InChI is InChI=1S/C16H20N2O3S/c1-17(12-14-6-4-3-5-7-14)22(20,21)18(2)13-15-8-10-16(19)11-9-15/h3-11,19H,12-13H2,1-2H3. The van der Waals surface area contributed by atoms with Gasteiger partial charge in [-0.05, 0) is 23.3 Å². The average molecular weight is 320 g/mol. The minimum absolute atomic E-state index is 0.162. The Morgan fingerprint density at radius 3 is 1.77 bits per heavy atom. The van der Waals surface area contributed by atoms with Gasteiger partial charge in [0, 0.05) is 27.2 Å². The first-order valence-corrected chi connectivity index (χ1v) is 8.29. The van der Waals surface area contributed by atoms with Gasteiger partial charge in [-0.3, -0.25) is 0 Å². The first kappa shape index (κ1) is 16.5. The van der Waals surface area contributed by atoms with E-state index in [1.54, 1.807) is 38.4 Å². The van der Waals surface area contributed by atoms with Crippen LogP contribution in [0.1, 0.15) is 11.1 Å². The molecule has 1 N–H and O–H groups in total. The fourth-order valence-corrected chi connectivity index (χ4v) is 3.20. The average Bonchev–Trinajstić information content (AvgIpc) is 2.50. The van der Waals surface area contributed by atoms with Gasteiger partial charge in [-0.25, -0.2) is 0 Å². The van der Waals surface area contributed by atoms with Crippen molar-refractivity contribution in [1.82, 2.24) is 8.61 Å². The van der Waals surface area contributed by atoms with Crippen LogP contribution in [-0.4, -0.2) is 36.2 Å². The van der Waals surface area contributed by atoms with E-state index in [4.69, 9.17) is 0 Å². The van der Waals surface area contributed by atoms with Crippen LogP contribution in [0.15, 0.2) is 54.6 Å². The lowest BCUT2D eigenvalue weighted by molar-refractivity contribution is 0.386. The first-order chi connectivity index (χ1) is 10.4. The van der Waals surface area contributed by atoms with Crippen LogP contribution < -0.4 is 0 Å². The van der Waals surface area contributed by atoms with Gasteiger partial charge in [-0.1, -0.05) is 42.5 Å². The second-order valence-corrected chi connectivity index (χ2v) is 7.31. The zero-order valence-corrected chi connectivity index (χ0v) is 13.5. The summed E-state index contributed by atoms with van der Waals surface area (Å²) >= 11 is 0. The monoisotopic (exact) mass is 320 g/mol. The Bertz CT molecular complexity index is 700. The number of nitrogens with zero attached hydrogens (tertiary/aromatic N) is 2. The Morgan fingerprint density at radius 2 is 1.27 bits per heavy atom. The van der Waals surface area contributed by atoms with Crippen molar-refractivity contribution in [1.29, 1.82) is 0 Å². The summed E-state index contributed by atoms with van der Waals surface area (Å²) in [5, 5.41) is 9.26. The summed E-state index contributed by atoms with van der Waals surface area (Å²) in [6, 6.07) is 16.0. The van der Waals surface area contributed by atoms with Crippen LogP contribution in [0, 0.1) is 0 Å². The van der Waals surface area contributed by atoms with E-state index >= 15 is 0 Å². The molecule has 0 amide bonds. The van der Waals surface area contributed by atoms with Crippen molar-refractivity contribution in [3.63, 3.8) is 0 Å². The Hall–Kier alpha value is -1.89. The number of hydrogen-bond acceptors (Lipinski definition) is 3. The summed E-state index contributed by atoms with van der Waals surface area (Å²) in [5.41, 5.74) is 1.75. The molecular formula is C16H20N2O3S. The number of phenolic OH excluding ortho intramolecular Hbond substituents is 1. The molecule has 2 aromatic carbocycles. The SMILES string of the molecule is CN(Cc1ccccc1)S(=O)(=O)N(C)Cc1ccc(O)cc1. The molecular weight excluding hydrogens is 300 g/mol. The van der Waals surface area contributed by atoms with E-state index in [1.165, 1.54) is 8.61 Å².